The van der Waals surface area contributed by atoms with Crippen LogP contribution in [0.3, 0.4) is 0 Å². The molecule has 0 N–H and O–H groups in total. The normalized spacial score (nSPS) is 26.8. The first kappa shape index (κ1) is 14.7. The molecule has 1 aliphatic heterocycles. The van der Waals surface area contributed by atoms with Gasteiger partial charge in [0.1, 0.15) is 11.5 Å². The fourth-order valence-corrected chi connectivity index (χ4v) is 3.92. The molecule has 22 heavy (non-hydrogen) atoms. The van der Waals surface area contributed by atoms with Crippen LogP contribution in [0.15, 0.2) is 18.2 Å². The maximum atomic E-state index is 13.3. The van der Waals surface area contributed by atoms with Gasteiger partial charge in [-0.15, -0.1) is 0 Å². The Labute approximate surface area is 127 Å². The van der Waals surface area contributed by atoms with Gasteiger partial charge in [-0.2, -0.15) is 0 Å². The second-order valence-corrected chi connectivity index (χ2v) is 6.01. The number of hydrogen-bond donors (Lipinski definition) is 0. The van der Waals surface area contributed by atoms with Gasteiger partial charge >= 0.3 is 5.97 Å². The van der Waals surface area contributed by atoms with Crippen molar-refractivity contribution in [2.75, 3.05) is 25.1 Å². The van der Waals surface area contributed by atoms with E-state index in [1.165, 1.54) is 19.2 Å². The number of rotatable bonds is 3. The monoisotopic (exact) mass is 308 g/mol. The topological polar surface area (TPSA) is 72.7 Å². The van der Waals surface area contributed by atoms with Gasteiger partial charge in [0.05, 0.1) is 23.5 Å². The van der Waals surface area contributed by atoms with Gasteiger partial charge in [-0.3, -0.25) is 14.9 Å². The third kappa shape index (κ3) is 2.12. The van der Waals surface area contributed by atoms with Gasteiger partial charge in [-0.25, -0.2) is 4.39 Å². The summed E-state index contributed by atoms with van der Waals surface area (Å²) in [7, 11) is 1.37. The third-order valence-electron chi connectivity index (χ3n) is 4.94. The Balaban J connectivity index is 1.96. The van der Waals surface area contributed by atoms with E-state index in [0.717, 1.165) is 25.3 Å². The molecule has 6 nitrogen and oxygen atoms in total. The number of hydrogen-bond acceptors (Lipinski definition) is 5. The molecule has 2 aliphatic rings. The van der Waals surface area contributed by atoms with Crippen molar-refractivity contribution < 1.29 is 18.8 Å². The molecule has 118 valence electrons. The summed E-state index contributed by atoms with van der Waals surface area (Å²) in [6.07, 6.45) is 2.59. The van der Waals surface area contributed by atoms with Gasteiger partial charge in [0.15, 0.2) is 0 Å². The molecule has 0 spiro atoms. The molecule has 2 fully saturated rings. The lowest BCUT2D eigenvalue weighted by Gasteiger charge is -2.25. The van der Waals surface area contributed by atoms with Gasteiger partial charge in [-0.1, -0.05) is 6.42 Å². The van der Waals surface area contributed by atoms with Crippen molar-refractivity contribution in [3.05, 3.63) is 34.1 Å². The Morgan fingerprint density at radius 2 is 2.32 bits per heavy atom. The van der Waals surface area contributed by atoms with E-state index in [1.54, 1.807) is 0 Å². The Kier molecular flexibility index (Phi) is 3.50. The number of fused-ring (bicyclic) bond motifs is 1. The maximum Gasteiger partial charge on any atom is 0.313 e. The summed E-state index contributed by atoms with van der Waals surface area (Å²) >= 11 is 0. The summed E-state index contributed by atoms with van der Waals surface area (Å²) in [4.78, 5) is 24.6. The molecule has 2 atom stereocenters. The summed E-state index contributed by atoms with van der Waals surface area (Å²) in [5, 5.41) is 11.2. The number of nitro groups is 1. The van der Waals surface area contributed by atoms with Crippen LogP contribution in [0.25, 0.3) is 0 Å². The zero-order chi connectivity index (χ0) is 15.9. The number of ether oxygens (including phenoxy) is 1. The minimum Gasteiger partial charge on any atom is -0.469 e. The van der Waals surface area contributed by atoms with Crippen molar-refractivity contribution in [2.45, 2.75) is 19.3 Å². The summed E-state index contributed by atoms with van der Waals surface area (Å²) < 4.78 is 18.2. The molecule has 2 unspecified atom stereocenters. The van der Waals surface area contributed by atoms with E-state index in [1.807, 2.05) is 4.90 Å². The predicted octanol–water partition coefficient (Wildman–Crippen LogP) is 2.51. The first-order valence-corrected chi connectivity index (χ1v) is 7.25. The standard InChI is InChI=1S/C15H17FN2O4/c1-22-14(19)15-6-2-3-10(15)8-17(9-15)12-5-4-11(16)7-13(12)18(20)21/h4-5,7,10H,2-3,6,8-9H2,1H3. The average Bonchev–Trinajstić information content (AvgIpc) is 3.04. The molecule has 7 heteroatoms. The van der Waals surface area contributed by atoms with Crippen LogP contribution in [-0.4, -0.2) is 31.1 Å². The van der Waals surface area contributed by atoms with Crippen LogP contribution in [-0.2, 0) is 9.53 Å². The molecule has 1 aromatic carbocycles. The minimum absolute atomic E-state index is 0.129. The summed E-state index contributed by atoms with van der Waals surface area (Å²) in [5.41, 5.74) is -0.485. The Morgan fingerprint density at radius 1 is 1.55 bits per heavy atom. The lowest BCUT2D eigenvalue weighted by atomic mass is 9.81. The number of halogens is 1. The van der Waals surface area contributed by atoms with Crippen molar-refractivity contribution in [1.82, 2.24) is 0 Å². The number of anilines is 1. The second-order valence-electron chi connectivity index (χ2n) is 6.01. The smallest absolute Gasteiger partial charge is 0.313 e. The van der Waals surface area contributed by atoms with Crippen LogP contribution < -0.4 is 4.90 Å². The number of methoxy groups -OCH3 is 1. The highest BCUT2D eigenvalue weighted by Crippen LogP contribution is 2.51. The zero-order valence-corrected chi connectivity index (χ0v) is 12.3. The van der Waals surface area contributed by atoms with Gasteiger partial charge < -0.3 is 9.64 Å². The molecule has 3 rings (SSSR count). The fraction of sp³-hybridized carbons (Fsp3) is 0.533. The fourth-order valence-electron chi connectivity index (χ4n) is 3.92. The van der Waals surface area contributed by atoms with Crippen molar-refractivity contribution in [1.29, 1.82) is 0 Å². The Hall–Kier alpha value is -2.18. The largest absolute Gasteiger partial charge is 0.469 e. The van der Waals surface area contributed by atoms with E-state index in [0.29, 0.717) is 18.8 Å². The molecular formula is C15H17FN2O4. The summed E-state index contributed by atoms with van der Waals surface area (Å²) in [5.74, 6) is -0.760. The molecule has 0 amide bonds. The minimum atomic E-state index is -0.641. The zero-order valence-electron chi connectivity index (χ0n) is 12.3. The highest BCUT2D eigenvalue weighted by atomic mass is 19.1. The van der Waals surface area contributed by atoms with Crippen molar-refractivity contribution in [3.63, 3.8) is 0 Å². The third-order valence-corrected chi connectivity index (χ3v) is 4.94. The molecule has 1 aromatic rings. The first-order valence-electron chi connectivity index (χ1n) is 7.25. The molecule has 1 aliphatic carbocycles. The highest BCUT2D eigenvalue weighted by molar-refractivity contribution is 5.80. The SMILES string of the molecule is COC(=O)C12CCCC1CN(c1ccc(F)cc1[N+](=O)[O-])C2. The van der Waals surface area contributed by atoms with E-state index < -0.39 is 16.2 Å². The van der Waals surface area contributed by atoms with Crippen LogP contribution in [0.4, 0.5) is 15.8 Å². The van der Waals surface area contributed by atoms with Gasteiger partial charge in [0.25, 0.3) is 5.69 Å². The molecule has 0 radical (unpaired) electrons. The maximum absolute atomic E-state index is 13.3. The number of carbonyl (C=O) groups excluding carboxylic acids is 1. The van der Waals surface area contributed by atoms with Crippen molar-refractivity contribution >= 4 is 17.3 Å². The quantitative estimate of drug-likeness (QED) is 0.487. The lowest BCUT2D eigenvalue weighted by molar-refractivity contribution is -0.384. The van der Waals surface area contributed by atoms with Gasteiger partial charge in [-0.05, 0) is 30.9 Å². The second kappa shape index (κ2) is 5.23. The number of carbonyl (C=O) groups is 1. The van der Waals surface area contributed by atoms with Gasteiger partial charge in [0.2, 0.25) is 0 Å². The molecule has 0 bridgehead atoms. The van der Waals surface area contributed by atoms with Crippen molar-refractivity contribution in [3.8, 4) is 0 Å². The van der Waals surface area contributed by atoms with Crippen LogP contribution in [0.5, 0.6) is 0 Å². The van der Waals surface area contributed by atoms with Crippen LogP contribution in [0.2, 0.25) is 0 Å². The van der Waals surface area contributed by atoms with Crippen LogP contribution in [0, 0.1) is 27.3 Å². The molecule has 0 aromatic heterocycles. The average molecular weight is 308 g/mol. The highest BCUT2D eigenvalue weighted by Gasteiger charge is 2.56. The van der Waals surface area contributed by atoms with E-state index in [2.05, 4.69) is 0 Å². The van der Waals surface area contributed by atoms with Crippen LogP contribution >= 0.6 is 0 Å². The summed E-state index contributed by atoms with van der Waals surface area (Å²) in [6, 6.07) is 3.55. The molecule has 1 saturated carbocycles. The van der Waals surface area contributed by atoms with E-state index in [9.17, 15) is 19.3 Å². The van der Waals surface area contributed by atoms with Gasteiger partial charge in [0, 0.05) is 13.1 Å². The number of nitrogens with zero attached hydrogens (tertiary/aromatic N) is 2. The number of esters is 1. The Morgan fingerprint density at radius 3 is 3.00 bits per heavy atom. The molecule has 1 heterocycles. The Bertz CT molecular complexity index is 636. The molecular weight excluding hydrogens is 291 g/mol. The lowest BCUT2D eigenvalue weighted by Crippen LogP contribution is -2.37. The van der Waals surface area contributed by atoms with E-state index in [4.69, 9.17) is 4.74 Å². The molecule has 1 saturated heterocycles. The van der Waals surface area contributed by atoms with Crippen LogP contribution in [0.1, 0.15) is 19.3 Å². The predicted molar refractivity (Wildman–Crippen MR) is 77.1 cm³/mol. The van der Waals surface area contributed by atoms with E-state index >= 15 is 0 Å². The van der Waals surface area contributed by atoms with Crippen molar-refractivity contribution in [2.24, 2.45) is 11.3 Å². The number of nitro benzene ring substituents is 1. The summed E-state index contributed by atoms with van der Waals surface area (Å²) in [6.45, 7) is 0.943. The van der Waals surface area contributed by atoms with E-state index in [-0.39, 0.29) is 17.6 Å². The first-order chi connectivity index (χ1) is 10.5. The number of benzene rings is 1.